The lowest BCUT2D eigenvalue weighted by molar-refractivity contribution is -0.267. The largest absolute Gasteiger partial charge is 0.394 e. The maximum absolute atomic E-state index is 14.0. The second-order valence-electron chi connectivity index (χ2n) is 29.7. The van der Waals surface area contributed by atoms with E-state index in [0.717, 1.165) is 56.3 Å². The molecule has 1 aliphatic carbocycles. The fourth-order valence-corrected chi connectivity index (χ4v) is 13.1. The predicted octanol–water partition coefficient (Wildman–Crippen LogP) is -7.39. The highest BCUT2D eigenvalue weighted by atomic mass is 16.7. The van der Waals surface area contributed by atoms with Crippen molar-refractivity contribution in [2.24, 2.45) is 17.2 Å². The smallest absolute Gasteiger partial charge is 0.253 e. The van der Waals surface area contributed by atoms with E-state index in [1.54, 1.807) is 0 Å². The number of nitrogens with zero attached hydrogens (tertiary/aromatic N) is 1. The Morgan fingerprint density at radius 2 is 0.661 bits per heavy atom. The molecule has 1 saturated carbocycles. The summed E-state index contributed by atoms with van der Waals surface area (Å²) in [7, 11) is 0. The Morgan fingerprint density at radius 3 is 1.00 bits per heavy atom. The molecule has 21 N–H and O–H groups in total. The van der Waals surface area contributed by atoms with Gasteiger partial charge in [0.1, 0.15) is 60.5 Å². The van der Waals surface area contributed by atoms with Crippen molar-refractivity contribution < 1.29 is 165 Å². The number of unbranched alkanes of at least 4 members (excludes halogenated alkanes) is 7. The molecule has 4 aliphatic heterocycles. The van der Waals surface area contributed by atoms with Crippen LogP contribution in [0.5, 0.6) is 0 Å². The molecule has 15 unspecified atom stereocenters. The van der Waals surface area contributed by atoms with Crippen molar-refractivity contribution in [3.05, 3.63) is 12.2 Å². The maximum Gasteiger partial charge on any atom is 0.253 e. The van der Waals surface area contributed by atoms with Gasteiger partial charge in [-0.3, -0.25) is 43.3 Å². The fourth-order valence-electron chi connectivity index (χ4n) is 13.1. The minimum Gasteiger partial charge on any atom is -0.394 e. The maximum atomic E-state index is 14.0. The van der Waals surface area contributed by atoms with Gasteiger partial charge < -0.3 is 176 Å². The summed E-state index contributed by atoms with van der Waals surface area (Å²) in [6.07, 6.45) is -2.47. The van der Waals surface area contributed by atoms with E-state index in [1.807, 2.05) is 0 Å². The summed E-state index contributed by atoms with van der Waals surface area (Å²) in [6.45, 7) is 0.728. The van der Waals surface area contributed by atoms with Crippen molar-refractivity contribution >= 4 is 47.3 Å². The highest BCUT2D eigenvalue weighted by Gasteiger charge is 2.46. The van der Waals surface area contributed by atoms with Crippen LogP contribution in [0.1, 0.15) is 116 Å². The van der Waals surface area contributed by atoms with E-state index in [0.29, 0.717) is 38.6 Å². The van der Waals surface area contributed by atoms with Crippen molar-refractivity contribution in [3.8, 4) is 0 Å². The molecule has 0 spiro atoms. The first-order valence-electron chi connectivity index (χ1n) is 42.1. The SMILES string of the molecule is NC1C(OCCOCCOCCNC(=O)CCOCC(COCCC(=O)NCCOCCOCCOC2OC(CO)C(O)C(O)C2N)(COCCC(=O)NCCOCCOCCOC2OC(CO)C(O)C(O)C2N)NC(=O)CCCCCCCCCCC(=O)NCCOC2(OCCNC(=O)CCN3C(=O)C=CC3=O)CCCC2)OC(CO)C(O)C1O. The molecule has 4 heterocycles. The summed E-state index contributed by atoms with van der Waals surface area (Å²) in [5.41, 5.74) is 16.3. The molecule has 5 aliphatic rings. The molecule has 0 radical (unpaired) electrons. The Bertz CT molecular complexity index is 2700. The van der Waals surface area contributed by atoms with Crippen molar-refractivity contribution in [1.82, 2.24) is 36.8 Å². The molecule has 4 fully saturated rings. The third kappa shape index (κ3) is 42.6. The number of carbonyl (C=O) groups is 8. The van der Waals surface area contributed by atoms with Crippen LogP contribution in [-0.2, 0) is 119 Å². The average Bonchev–Trinajstić information content (AvgIpc) is 1.62. The monoisotopic (exact) mass is 1750 g/mol. The van der Waals surface area contributed by atoms with Gasteiger partial charge in [-0.15, -0.1) is 0 Å². The highest BCUT2D eigenvalue weighted by molar-refractivity contribution is 6.13. The molecule has 700 valence electrons. The third-order valence-corrected chi connectivity index (χ3v) is 20.1. The van der Waals surface area contributed by atoms with Crippen LogP contribution in [0.3, 0.4) is 0 Å². The summed E-state index contributed by atoms with van der Waals surface area (Å²) in [4.78, 5) is 103. The fraction of sp³-hybridized carbons (Fsp3) is 0.870. The lowest BCUT2D eigenvalue weighted by atomic mass is 9.98. The molecular weight excluding hydrogens is 1610 g/mol. The molecule has 0 aromatic rings. The van der Waals surface area contributed by atoms with Gasteiger partial charge in [-0.05, 0) is 25.7 Å². The molecule has 0 bridgehead atoms. The number of imide groups is 1. The van der Waals surface area contributed by atoms with Crippen LogP contribution in [0.15, 0.2) is 12.2 Å². The molecule has 44 heteroatoms. The zero-order chi connectivity index (χ0) is 87.9. The van der Waals surface area contributed by atoms with Gasteiger partial charge in [-0.2, -0.15) is 0 Å². The average molecular weight is 1750 g/mol. The first-order chi connectivity index (χ1) is 58.5. The number of aliphatic hydroxyl groups excluding tert-OH is 9. The standard InChI is InChI=1S/C77H138N10O34/c78-64-70(102)67(99)53(47-88)119-73(64)114-44-41-108-38-35-105-30-21-81-58(93)16-27-111-50-76(51-112-28-17-59(94)82-22-31-106-36-39-109-42-45-115-74-65(79)71(103)68(100)54(48-89)120-74,52-113-29-18-60(95)83-23-32-107-37-40-110-43-46-116-75-66(80)72(104)69(101)55(49-90)121-75)86-61(96)12-8-6-4-2-1-3-5-7-11-56(91)84-24-33-117-77(19-9-10-20-77)118-34-25-85-57(92)15-26-87-62(97)13-14-63(87)98/h13-14,53-55,64-75,88-90,99-104H,1-12,15-52,78-80H2,(H,81,93)(H,82,94)(H,83,95)(H,84,91)(H,85,92)(H,86,96). The van der Waals surface area contributed by atoms with Crippen LogP contribution in [-0.4, -0.2) is 412 Å². The van der Waals surface area contributed by atoms with E-state index < -0.39 is 135 Å². The Kier molecular flexibility index (Phi) is 54.9. The number of nitrogens with two attached hydrogens (primary N) is 3. The van der Waals surface area contributed by atoms with Crippen molar-refractivity contribution in [1.29, 1.82) is 0 Å². The van der Waals surface area contributed by atoms with Gasteiger partial charge in [-0.1, -0.05) is 38.5 Å². The van der Waals surface area contributed by atoms with Crippen LogP contribution >= 0.6 is 0 Å². The molecule has 0 aromatic heterocycles. The summed E-state index contributed by atoms with van der Waals surface area (Å²) in [5.74, 6) is -3.54. The lowest BCUT2D eigenvalue weighted by Gasteiger charge is -2.40. The second kappa shape index (κ2) is 62.6. The molecular formula is C77H138N10O34. The predicted molar refractivity (Wildman–Crippen MR) is 422 cm³/mol. The summed E-state index contributed by atoms with van der Waals surface area (Å²) in [6, 6.07) is -3.15. The molecule has 0 aromatic carbocycles. The Hall–Kier alpha value is -5.46. The lowest BCUT2D eigenvalue weighted by Crippen LogP contribution is -2.62. The van der Waals surface area contributed by atoms with E-state index in [9.17, 15) is 84.3 Å². The van der Waals surface area contributed by atoms with E-state index in [4.69, 9.17) is 97.7 Å². The quantitative estimate of drug-likeness (QED) is 0.0153. The number of rotatable bonds is 71. The Morgan fingerprint density at radius 1 is 0.372 bits per heavy atom. The number of carbonyl (C=O) groups excluding carboxylic acids is 8. The van der Waals surface area contributed by atoms with Crippen molar-refractivity contribution in [2.75, 3.05) is 211 Å². The third-order valence-electron chi connectivity index (χ3n) is 20.1. The van der Waals surface area contributed by atoms with E-state index >= 15 is 0 Å². The Labute approximate surface area is 705 Å². The van der Waals surface area contributed by atoms with Crippen molar-refractivity contribution in [3.63, 3.8) is 0 Å². The zero-order valence-corrected chi connectivity index (χ0v) is 69.6. The molecule has 44 nitrogen and oxygen atoms in total. The number of aliphatic hydroxyl groups is 9. The normalized spacial score (nSPS) is 25.2. The number of ether oxygens (including phenoxy) is 17. The summed E-state index contributed by atoms with van der Waals surface area (Å²) in [5, 5.41) is 106. The molecule has 5 rings (SSSR count). The molecule has 121 heavy (non-hydrogen) atoms. The number of amides is 8. The number of nitrogens with one attached hydrogen (secondary N) is 6. The zero-order valence-electron chi connectivity index (χ0n) is 69.6. The first kappa shape index (κ1) is 106. The van der Waals surface area contributed by atoms with Gasteiger partial charge in [0.05, 0.1) is 190 Å². The van der Waals surface area contributed by atoms with Gasteiger partial charge in [0, 0.05) is 103 Å². The summed E-state index contributed by atoms with van der Waals surface area (Å²) >= 11 is 0. The number of hydrogen-bond acceptors (Lipinski definition) is 37. The molecule has 8 amide bonds. The van der Waals surface area contributed by atoms with Crippen LogP contribution in [0.4, 0.5) is 0 Å². The van der Waals surface area contributed by atoms with Gasteiger partial charge in [0.15, 0.2) is 24.7 Å². The van der Waals surface area contributed by atoms with Gasteiger partial charge in [-0.25, -0.2) is 0 Å². The van der Waals surface area contributed by atoms with Crippen LogP contribution in [0, 0.1) is 0 Å². The summed E-state index contributed by atoms with van der Waals surface area (Å²) < 4.78 is 96.8. The molecule has 3 saturated heterocycles. The minimum absolute atomic E-state index is 0.00979. The van der Waals surface area contributed by atoms with E-state index in [2.05, 4.69) is 31.9 Å². The second-order valence-corrected chi connectivity index (χ2v) is 29.7. The van der Waals surface area contributed by atoms with Crippen LogP contribution < -0.4 is 49.1 Å². The topological polar surface area (TPSA) is 629 Å². The van der Waals surface area contributed by atoms with E-state index in [-0.39, 0.29) is 252 Å². The van der Waals surface area contributed by atoms with E-state index in [1.165, 1.54) is 12.2 Å². The van der Waals surface area contributed by atoms with Crippen molar-refractivity contribution in [2.45, 2.75) is 219 Å². The van der Waals surface area contributed by atoms with Gasteiger partial charge in [0.2, 0.25) is 35.4 Å². The van der Waals surface area contributed by atoms with Gasteiger partial charge >= 0.3 is 0 Å². The van der Waals surface area contributed by atoms with Crippen LogP contribution in [0.25, 0.3) is 0 Å². The Balaban J connectivity index is 1.05. The highest BCUT2D eigenvalue weighted by Crippen LogP contribution is 2.34. The van der Waals surface area contributed by atoms with Gasteiger partial charge in [0.25, 0.3) is 11.8 Å². The number of hydrogen-bond donors (Lipinski definition) is 18. The molecule has 15 atom stereocenters. The minimum atomic E-state index is -1.40. The first-order valence-corrected chi connectivity index (χ1v) is 42.1. The van der Waals surface area contributed by atoms with Crippen LogP contribution in [0.2, 0.25) is 0 Å².